The van der Waals surface area contributed by atoms with E-state index in [9.17, 15) is 45.5 Å². The standard InChI is InChI=1S/C26H30F3N3O2.C26H29F3N2O2.C25H29ClN2O3.C25H29ClN2O2/c1-15(2)31-18-10-7-16(8-11-18)21(33)32-22-24(3,4)23(25(22,5)6)34-19-12-9-17(14-30)20(13-19)26(27,28)29;1-15(2)16-7-9-17(10-8-16)21(32)31-22-24(3,4)23(25(22,5)6)33-19-12-11-18(14-30)20(13-19)26(27,28)29;1-15(2)30-18-10-7-16(8-11-18)21(29)28-22-24(3,4)23(25(22,5)6)31-19-12-9-17(14-27)20(26)13-19;1-15(2)16-7-9-17(10-8-16)21(29)28-22-24(3,4)23(25(22,5)6)30-19-12-11-18(14-27)20(26)13-19/h7-13,15,22-23,31H,1-6H3,(H,32,33);7-13,15,22-23H,1-6H3,(H,31,32);7-13,15,22-23H,1-6H3,(H,28,29);7-13,15,22-23H,1-6H3,(H,28,29). The van der Waals surface area contributed by atoms with Crippen molar-refractivity contribution >= 4 is 52.5 Å². The summed E-state index contributed by atoms with van der Waals surface area (Å²) in [5.74, 6) is 2.23. The maximum absolute atomic E-state index is 13.3. The summed E-state index contributed by atoms with van der Waals surface area (Å²) < 4.78 is 110. The van der Waals surface area contributed by atoms with Crippen molar-refractivity contribution in [3.8, 4) is 53.0 Å². The van der Waals surface area contributed by atoms with Gasteiger partial charge < -0.3 is 50.3 Å². The first-order valence-electron chi connectivity index (χ1n) is 42.7. The number of halogens is 8. The van der Waals surface area contributed by atoms with E-state index in [0.717, 1.165) is 41.3 Å². The van der Waals surface area contributed by atoms with Gasteiger partial charge in [0.25, 0.3) is 23.6 Å². The Hall–Kier alpha value is -11.4. The molecule has 0 radical (unpaired) electrons. The van der Waals surface area contributed by atoms with Crippen molar-refractivity contribution in [3.05, 3.63) is 247 Å². The van der Waals surface area contributed by atoms with Crippen molar-refractivity contribution in [2.24, 2.45) is 43.3 Å². The van der Waals surface area contributed by atoms with Crippen LogP contribution in [0.25, 0.3) is 0 Å². The summed E-state index contributed by atoms with van der Waals surface area (Å²) in [5, 5.41) is 52.7. The zero-order valence-corrected chi connectivity index (χ0v) is 78.6. The van der Waals surface area contributed by atoms with Gasteiger partial charge in [-0.1, -0.05) is 186 Å². The number of benzene rings is 8. The second-order valence-corrected chi connectivity index (χ2v) is 40.3. The number of carbonyl (C=O) groups is 4. The molecule has 26 heteroatoms. The zero-order valence-electron chi connectivity index (χ0n) is 77.1. The fraction of sp³-hybridized carbons (Fsp3) is 0.451. The lowest BCUT2D eigenvalue weighted by molar-refractivity contribution is -0.164. The number of hydrogen-bond acceptors (Lipinski definition) is 14. The van der Waals surface area contributed by atoms with E-state index in [4.69, 9.17) is 67.9 Å². The Morgan fingerprint density at radius 2 is 0.562 bits per heavy atom. The van der Waals surface area contributed by atoms with Crippen LogP contribution in [0, 0.1) is 88.6 Å². The van der Waals surface area contributed by atoms with E-state index in [0.29, 0.717) is 66.8 Å². The number of amides is 4. The number of alkyl halides is 6. The molecule has 0 spiro atoms. The van der Waals surface area contributed by atoms with Gasteiger partial charge in [0, 0.05) is 114 Å². The molecule has 4 amide bonds. The van der Waals surface area contributed by atoms with Crippen LogP contribution in [0.15, 0.2) is 170 Å². The zero-order chi connectivity index (χ0) is 95.5. The molecule has 18 nitrogen and oxygen atoms in total. The molecule has 0 bridgehead atoms. The Balaban J connectivity index is 0.000000193. The molecule has 5 N–H and O–H groups in total. The van der Waals surface area contributed by atoms with Crippen LogP contribution in [0.1, 0.15) is 264 Å². The van der Waals surface area contributed by atoms with Gasteiger partial charge in [-0.15, -0.1) is 0 Å². The molecule has 0 atom stereocenters. The molecule has 12 rings (SSSR count). The third-order valence-corrected chi connectivity index (χ3v) is 25.8. The quantitative estimate of drug-likeness (QED) is 0.0395. The van der Waals surface area contributed by atoms with Gasteiger partial charge in [0.15, 0.2) is 0 Å². The molecule has 4 aliphatic carbocycles. The van der Waals surface area contributed by atoms with Crippen LogP contribution in [0.5, 0.6) is 28.7 Å². The van der Waals surface area contributed by atoms with Gasteiger partial charge in [-0.2, -0.15) is 47.4 Å². The predicted molar refractivity (Wildman–Crippen MR) is 486 cm³/mol. The van der Waals surface area contributed by atoms with Gasteiger partial charge in [0.2, 0.25) is 0 Å². The molecule has 4 saturated carbocycles. The lowest BCUT2D eigenvalue weighted by Gasteiger charge is -2.63. The molecule has 0 saturated heterocycles. The molecule has 4 fully saturated rings. The van der Waals surface area contributed by atoms with Crippen LogP contribution in [0.4, 0.5) is 32.0 Å². The molecule has 680 valence electrons. The number of nitrogens with one attached hydrogen (secondary N) is 5. The largest absolute Gasteiger partial charge is 0.491 e. The van der Waals surface area contributed by atoms with Crippen LogP contribution < -0.4 is 50.3 Å². The highest BCUT2D eigenvalue weighted by atomic mass is 35.5. The third-order valence-electron chi connectivity index (χ3n) is 25.2. The number of rotatable bonds is 22. The molecule has 4 aliphatic rings. The SMILES string of the molecule is CC(C)Nc1ccc(C(=O)NC2C(C)(C)C(Oc3ccc(C#N)c(C(F)(F)F)c3)C2(C)C)cc1.CC(C)Oc1ccc(C(=O)NC2C(C)(C)C(Oc3ccc(C#N)c(Cl)c3)C2(C)C)cc1.CC(C)c1ccc(C(=O)NC2C(C)(C)C(Oc3ccc(C#N)c(C(F)(F)F)c3)C2(C)C)cc1.CC(C)c1ccc(C(=O)NC2C(C)(C)C(Oc3ccc(C#N)c(Cl)c3)C2(C)C)cc1. The number of anilines is 1. The average molecular weight is 1800 g/mol. The molecule has 8 aromatic rings. The van der Waals surface area contributed by atoms with E-state index in [1.807, 2.05) is 144 Å². The maximum Gasteiger partial charge on any atom is 0.417 e. The Morgan fingerprint density at radius 3 is 0.781 bits per heavy atom. The highest BCUT2D eigenvalue weighted by molar-refractivity contribution is 6.32. The van der Waals surface area contributed by atoms with Crippen LogP contribution >= 0.6 is 23.2 Å². The van der Waals surface area contributed by atoms with Crippen LogP contribution in [-0.2, 0) is 12.4 Å². The first kappa shape index (κ1) is 100. The molecule has 0 unspecified atom stereocenters. The highest BCUT2D eigenvalue weighted by Crippen LogP contribution is 2.60. The smallest absolute Gasteiger partial charge is 0.417 e. The van der Waals surface area contributed by atoms with Crippen molar-refractivity contribution in [3.63, 3.8) is 0 Å². The van der Waals surface area contributed by atoms with E-state index in [-0.39, 0.29) is 105 Å². The number of carbonyl (C=O) groups excluding carboxylic acids is 4. The second-order valence-electron chi connectivity index (χ2n) is 39.5. The average Bonchev–Trinajstić information content (AvgIpc) is 0.824. The summed E-state index contributed by atoms with van der Waals surface area (Å²) in [6.45, 7) is 48.5. The summed E-state index contributed by atoms with van der Waals surface area (Å²) in [6, 6.07) is 53.4. The van der Waals surface area contributed by atoms with E-state index < -0.39 is 68.5 Å². The molecule has 0 aromatic heterocycles. The first-order valence-corrected chi connectivity index (χ1v) is 43.4. The second kappa shape index (κ2) is 38.5. The number of nitriles is 4. The number of ether oxygens (including phenoxy) is 5. The van der Waals surface area contributed by atoms with E-state index in [1.165, 1.54) is 17.7 Å². The topological polar surface area (TPSA) is 270 Å². The predicted octanol–water partition coefficient (Wildman–Crippen LogP) is 23.9. The molecule has 0 aliphatic heterocycles. The summed E-state index contributed by atoms with van der Waals surface area (Å²) in [6.07, 6.45) is -10.4. The van der Waals surface area contributed by atoms with Crippen LogP contribution in [-0.4, -0.2) is 84.4 Å². The normalized spacial score (nSPS) is 21.1. The molecule has 8 aromatic carbocycles. The van der Waals surface area contributed by atoms with Gasteiger partial charge in [0.05, 0.1) is 61.7 Å². The van der Waals surface area contributed by atoms with Crippen molar-refractivity contribution < 1.29 is 69.2 Å². The summed E-state index contributed by atoms with van der Waals surface area (Å²) in [4.78, 5) is 51.6. The summed E-state index contributed by atoms with van der Waals surface area (Å²) in [5.41, 5.74) is 0.139. The fourth-order valence-electron chi connectivity index (χ4n) is 19.8. The van der Waals surface area contributed by atoms with Gasteiger partial charge in [-0.3, -0.25) is 19.2 Å². The Labute approximate surface area is 759 Å². The Kier molecular flexibility index (Phi) is 30.2. The maximum atomic E-state index is 13.3. The monoisotopic (exact) mass is 1800 g/mol. The Morgan fingerprint density at radius 1 is 0.336 bits per heavy atom. The first-order chi connectivity index (χ1) is 59.3. The van der Waals surface area contributed by atoms with Crippen molar-refractivity contribution in [2.45, 2.75) is 251 Å². The molecular weight excluding hydrogens is 1680 g/mol. The van der Waals surface area contributed by atoms with E-state index >= 15 is 0 Å². The summed E-state index contributed by atoms with van der Waals surface area (Å²) >= 11 is 12.3. The Bertz CT molecular complexity index is 5480. The number of nitrogens with zero attached hydrogens (tertiary/aromatic N) is 4. The van der Waals surface area contributed by atoms with E-state index in [2.05, 4.69) is 122 Å². The third kappa shape index (κ3) is 21.8. The minimum atomic E-state index is -4.66. The molecule has 128 heavy (non-hydrogen) atoms. The minimum Gasteiger partial charge on any atom is -0.491 e. The molecular formula is C102H117Cl2F6N9O9. The van der Waals surface area contributed by atoms with Crippen LogP contribution in [0.2, 0.25) is 10.0 Å². The summed E-state index contributed by atoms with van der Waals surface area (Å²) in [7, 11) is 0. The van der Waals surface area contributed by atoms with Crippen LogP contribution in [0.3, 0.4) is 0 Å². The van der Waals surface area contributed by atoms with E-state index in [1.54, 1.807) is 84.9 Å². The lowest BCUT2D eigenvalue weighted by Crippen LogP contribution is -2.74. The van der Waals surface area contributed by atoms with Gasteiger partial charge in [0.1, 0.15) is 65.3 Å². The van der Waals surface area contributed by atoms with Gasteiger partial charge >= 0.3 is 12.4 Å². The van der Waals surface area contributed by atoms with Gasteiger partial charge in [-0.05, 0) is 184 Å². The van der Waals surface area contributed by atoms with Crippen molar-refractivity contribution in [2.75, 3.05) is 5.32 Å². The highest BCUT2D eigenvalue weighted by Gasteiger charge is 2.68. The lowest BCUT2D eigenvalue weighted by atomic mass is 9.49. The van der Waals surface area contributed by atoms with Crippen molar-refractivity contribution in [1.82, 2.24) is 21.3 Å². The number of hydrogen-bond donors (Lipinski definition) is 5. The fourth-order valence-corrected chi connectivity index (χ4v) is 20.3. The van der Waals surface area contributed by atoms with Gasteiger partial charge in [-0.25, -0.2) is 0 Å². The minimum absolute atomic E-state index is 0.0375. The molecule has 0 heterocycles. The van der Waals surface area contributed by atoms with Crippen molar-refractivity contribution in [1.29, 1.82) is 21.0 Å².